The Bertz CT molecular complexity index is 411. The maximum atomic E-state index is 5.23. The Morgan fingerprint density at radius 2 is 1.79 bits per heavy atom. The second-order valence-electron chi connectivity index (χ2n) is 2.87. The minimum absolute atomic E-state index is 0.765. The number of methoxy groups -OCH3 is 2. The van der Waals surface area contributed by atoms with Crippen molar-refractivity contribution in [2.45, 2.75) is 0 Å². The Balaban J connectivity index is 2.77. The monoisotopic (exact) mass is 189 g/mol. The van der Waals surface area contributed by atoms with Crippen molar-refractivity contribution in [3.8, 4) is 11.5 Å². The molecule has 2 aromatic rings. The van der Waals surface area contributed by atoms with E-state index in [0.29, 0.717) is 0 Å². The average Bonchev–Trinajstić information content (AvgIpc) is 2.27. The molecule has 0 bridgehead atoms. The molecule has 0 saturated heterocycles. The van der Waals surface area contributed by atoms with Gasteiger partial charge in [-0.3, -0.25) is 4.98 Å². The van der Waals surface area contributed by atoms with Crippen LogP contribution in [-0.4, -0.2) is 19.2 Å². The number of rotatable bonds is 2. The van der Waals surface area contributed by atoms with Gasteiger partial charge in [-0.05, 0) is 18.2 Å². The third-order valence-corrected chi connectivity index (χ3v) is 2.13. The van der Waals surface area contributed by atoms with Gasteiger partial charge in [0, 0.05) is 11.6 Å². The highest BCUT2D eigenvalue weighted by atomic mass is 16.5. The summed E-state index contributed by atoms with van der Waals surface area (Å²) in [6.07, 6.45) is 1.71. The molecular weight excluding hydrogens is 178 g/mol. The van der Waals surface area contributed by atoms with Crippen LogP contribution in [0, 0.1) is 0 Å². The second kappa shape index (κ2) is 3.54. The first kappa shape index (κ1) is 8.81. The van der Waals surface area contributed by atoms with Crippen molar-refractivity contribution in [1.82, 2.24) is 4.98 Å². The lowest BCUT2D eigenvalue weighted by molar-refractivity contribution is 0.414. The highest BCUT2D eigenvalue weighted by molar-refractivity contribution is 5.89. The van der Waals surface area contributed by atoms with E-state index in [1.165, 1.54) is 0 Å². The molecule has 0 unspecified atom stereocenters. The topological polar surface area (TPSA) is 31.4 Å². The Labute approximate surface area is 82.3 Å². The van der Waals surface area contributed by atoms with E-state index in [2.05, 4.69) is 4.98 Å². The minimum Gasteiger partial charge on any atom is -0.496 e. The molecule has 0 spiro atoms. The molecule has 1 heterocycles. The molecule has 1 aromatic heterocycles. The number of benzene rings is 1. The van der Waals surface area contributed by atoms with Crippen LogP contribution in [0.1, 0.15) is 0 Å². The van der Waals surface area contributed by atoms with Crippen molar-refractivity contribution in [2.75, 3.05) is 14.2 Å². The molecule has 3 nitrogen and oxygen atoms in total. The number of fused-ring (bicyclic) bond motifs is 1. The van der Waals surface area contributed by atoms with Gasteiger partial charge in [0.25, 0.3) is 0 Å². The molecule has 0 atom stereocenters. The van der Waals surface area contributed by atoms with Gasteiger partial charge in [-0.2, -0.15) is 0 Å². The lowest BCUT2D eigenvalue weighted by atomic mass is 10.2. The van der Waals surface area contributed by atoms with Crippen LogP contribution in [0.5, 0.6) is 11.5 Å². The summed E-state index contributed by atoms with van der Waals surface area (Å²) in [6.45, 7) is 0. The van der Waals surface area contributed by atoms with Crippen molar-refractivity contribution >= 4 is 10.9 Å². The van der Waals surface area contributed by atoms with Gasteiger partial charge < -0.3 is 9.47 Å². The summed E-state index contributed by atoms with van der Waals surface area (Å²) in [4.78, 5) is 4.26. The van der Waals surface area contributed by atoms with Crippen LogP contribution < -0.4 is 9.47 Å². The van der Waals surface area contributed by atoms with Gasteiger partial charge >= 0.3 is 0 Å². The van der Waals surface area contributed by atoms with Crippen LogP contribution in [0.25, 0.3) is 10.9 Å². The van der Waals surface area contributed by atoms with Crippen LogP contribution in [0.15, 0.2) is 30.5 Å². The molecule has 0 N–H and O–H groups in total. The molecule has 0 saturated carbocycles. The quantitative estimate of drug-likeness (QED) is 0.726. The molecular formula is C11H11NO2. The molecule has 72 valence electrons. The smallest absolute Gasteiger partial charge is 0.145 e. The standard InChI is InChI=1S/C11H11NO2/c1-13-9-6-7-12-11-8(9)4-3-5-10(11)14-2/h3-7H,1-2H3. The van der Waals surface area contributed by atoms with E-state index in [-0.39, 0.29) is 0 Å². The van der Waals surface area contributed by atoms with Gasteiger partial charge in [0.2, 0.25) is 0 Å². The summed E-state index contributed by atoms with van der Waals surface area (Å²) in [6, 6.07) is 7.60. The maximum Gasteiger partial charge on any atom is 0.145 e. The van der Waals surface area contributed by atoms with Gasteiger partial charge in [0.15, 0.2) is 0 Å². The zero-order valence-electron chi connectivity index (χ0n) is 8.15. The molecule has 0 amide bonds. The average molecular weight is 189 g/mol. The molecule has 14 heavy (non-hydrogen) atoms. The first-order valence-corrected chi connectivity index (χ1v) is 4.32. The van der Waals surface area contributed by atoms with E-state index >= 15 is 0 Å². The summed E-state index contributed by atoms with van der Waals surface area (Å²) >= 11 is 0. The number of hydrogen-bond donors (Lipinski definition) is 0. The zero-order valence-corrected chi connectivity index (χ0v) is 8.15. The molecule has 0 aliphatic heterocycles. The Morgan fingerprint density at radius 1 is 1.00 bits per heavy atom. The van der Waals surface area contributed by atoms with Crippen molar-refractivity contribution in [1.29, 1.82) is 0 Å². The predicted octanol–water partition coefficient (Wildman–Crippen LogP) is 2.25. The zero-order chi connectivity index (χ0) is 9.97. The van der Waals surface area contributed by atoms with E-state index in [1.54, 1.807) is 20.4 Å². The Hall–Kier alpha value is -1.77. The number of nitrogens with zero attached hydrogens (tertiary/aromatic N) is 1. The number of hydrogen-bond acceptors (Lipinski definition) is 3. The van der Waals surface area contributed by atoms with Crippen LogP contribution in [0.3, 0.4) is 0 Å². The number of para-hydroxylation sites is 1. The summed E-state index contributed by atoms with van der Waals surface area (Å²) in [5, 5.41) is 0.967. The summed E-state index contributed by atoms with van der Waals surface area (Å²) in [5.74, 6) is 1.58. The van der Waals surface area contributed by atoms with Gasteiger partial charge in [0.1, 0.15) is 17.0 Å². The minimum atomic E-state index is 0.765. The van der Waals surface area contributed by atoms with Gasteiger partial charge in [-0.25, -0.2) is 0 Å². The van der Waals surface area contributed by atoms with E-state index in [4.69, 9.17) is 9.47 Å². The highest BCUT2D eigenvalue weighted by Gasteiger charge is 2.05. The first-order chi connectivity index (χ1) is 6.86. The molecule has 1 aromatic carbocycles. The fourth-order valence-electron chi connectivity index (χ4n) is 1.47. The molecule has 0 radical (unpaired) electrons. The number of ether oxygens (including phenoxy) is 2. The molecule has 3 heteroatoms. The van der Waals surface area contributed by atoms with Crippen LogP contribution >= 0.6 is 0 Å². The van der Waals surface area contributed by atoms with Crippen LogP contribution in [0.2, 0.25) is 0 Å². The summed E-state index contributed by atoms with van der Waals surface area (Å²) in [5.41, 5.74) is 0.828. The Morgan fingerprint density at radius 3 is 2.50 bits per heavy atom. The molecule has 0 fully saturated rings. The van der Waals surface area contributed by atoms with Gasteiger partial charge in [-0.15, -0.1) is 0 Å². The third kappa shape index (κ3) is 1.27. The lowest BCUT2D eigenvalue weighted by Crippen LogP contribution is -1.90. The van der Waals surface area contributed by atoms with Crippen LogP contribution in [0.4, 0.5) is 0 Å². The van der Waals surface area contributed by atoms with E-state index in [1.807, 2.05) is 24.3 Å². The highest BCUT2D eigenvalue weighted by Crippen LogP contribution is 2.29. The third-order valence-electron chi connectivity index (χ3n) is 2.13. The predicted molar refractivity (Wildman–Crippen MR) is 54.8 cm³/mol. The maximum absolute atomic E-state index is 5.23. The number of pyridine rings is 1. The van der Waals surface area contributed by atoms with Crippen molar-refractivity contribution in [3.63, 3.8) is 0 Å². The largest absolute Gasteiger partial charge is 0.496 e. The molecule has 2 rings (SSSR count). The fourth-order valence-corrected chi connectivity index (χ4v) is 1.47. The summed E-state index contributed by atoms with van der Waals surface area (Å²) in [7, 11) is 3.28. The van der Waals surface area contributed by atoms with Crippen molar-refractivity contribution < 1.29 is 9.47 Å². The Kier molecular flexibility index (Phi) is 2.23. The van der Waals surface area contributed by atoms with Crippen molar-refractivity contribution in [2.24, 2.45) is 0 Å². The van der Waals surface area contributed by atoms with Gasteiger partial charge in [-0.1, -0.05) is 6.07 Å². The van der Waals surface area contributed by atoms with E-state index in [0.717, 1.165) is 22.4 Å². The van der Waals surface area contributed by atoms with E-state index in [9.17, 15) is 0 Å². The van der Waals surface area contributed by atoms with Crippen LogP contribution in [-0.2, 0) is 0 Å². The lowest BCUT2D eigenvalue weighted by Gasteiger charge is -2.07. The molecule has 0 aliphatic rings. The summed E-state index contributed by atoms with van der Waals surface area (Å²) < 4.78 is 10.4. The fraction of sp³-hybridized carbons (Fsp3) is 0.182. The first-order valence-electron chi connectivity index (χ1n) is 4.32. The number of aromatic nitrogens is 1. The van der Waals surface area contributed by atoms with E-state index < -0.39 is 0 Å². The van der Waals surface area contributed by atoms with Gasteiger partial charge in [0.05, 0.1) is 14.2 Å². The normalized spacial score (nSPS) is 10.1. The SMILES string of the molecule is COc1ccnc2c(OC)cccc12. The molecule has 0 aliphatic carbocycles. The van der Waals surface area contributed by atoms with Crippen molar-refractivity contribution in [3.05, 3.63) is 30.5 Å². The second-order valence-corrected chi connectivity index (χ2v) is 2.87.